The Labute approximate surface area is 106 Å². The number of piperidine rings is 1. The van der Waals surface area contributed by atoms with E-state index in [1.165, 1.54) is 30.5 Å². The molecule has 2 rings (SSSR count). The molecule has 1 aromatic carbocycles. The van der Waals surface area contributed by atoms with Gasteiger partial charge in [-0.2, -0.15) is 0 Å². The van der Waals surface area contributed by atoms with Crippen molar-refractivity contribution < 1.29 is 0 Å². The van der Waals surface area contributed by atoms with Crippen molar-refractivity contribution in [1.82, 2.24) is 5.32 Å². The van der Waals surface area contributed by atoms with E-state index < -0.39 is 0 Å². The molecule has 1 aliphatic rings. The van der Waals surface area contributed by atoms with Crippen LogP contribution in [0, 0.1) is 0 Å². The molecular weight excluding hydrogens is 206 g/mol. The maximum Gasteiger partial charge on any atom is 0.00501 e. The molecule has 94 valence electrons. The van der Waals surface area contributed by atoms with Gasteiger partial charge in [0.05, 0.1) is 0 Å². The van der Waals surface area contributed by atoms with Gasteiger partial charge in [-0.05, 0) is 35.9 Å². The number of rotatable bonds is 1. The van der Waals surface area contributed by atoms with E-state index in [0.29, 0.717) is 5.41 Å². The Morgan fingerprint density at radius 1 is 1.24 bits per heavy atom. The fourth-order valence-electron chi connectivity index (χ4n) is 2.66. The van der Waals surface area contributed by atoms with Crippen molar-refractivity contribution in [1.29, 1.82) is 0 Å². The molecule has 17 heavy (non-hydrogen) atoms. The molecule has 1 aromatic rings. The minimum atomic E-state index is 0.245. The molecule has 1 heteroatoms. The third-order valence-corrected chi connectivity index (χ3v) is 4.02. The van der Waals surface area contributed by atoms with Gasteiger partial charge >= 0.3 is 0 Å². The van der Waals surface area contributed by atoms with Gasteiger partial charge in [0.25, 0.3) is 0 Å². The smallest absolute Gasteiger partial charge is 0.00501 e. The zero-order valence-corrected chi connectivity index (χ0v) is 11.6. The van der Waals surface area contributed by atoms with E-state index in [9.17, 15) is 0 Å². The van der Waals surface area contributed by atoms with Crippen LogP contribution in [0.1, 0.15) is 51.7 Å². The molecule has 1 unspecified atom stereocenters. The fraction of sp³-hybridized carbons (Fsp3) is 0.625. The maximum absolute atomic E-state index is 3.53. The first-order valence-corrected chi connectivity index (χ1v) is 6.74. The molecule has 1 nitrogen and oxygen atoms in total. The number of hydrogen-bond donors (Lipinski definition) is 1. The molecule has 1 atom stereocenters. The van der Waals surface area contributed by atoms with Gasteiger partial charge in [0.1, 0.15) is 0 Å². The van der Waals surface area contributed by atoms with Gasteiger partial charge in [-0.1, -0.05) is 52.0 Å². The minimum absolute atomic E-state index is 0.245. The monoisotopic (exact) mass is 231 g/mol. The van der Waals surface area contributed by atoms with E-state index in [2.05, 4.69) is 57.3 Å². The van der Waals surface area contributed by atoms with E-state index in [1.807, 2.05) is 0 Å². The van der Waals surface area contributed by atoms with Gasteiger partial charge in [0.2, 0.25) is 0 Å². The van der Waals surface area contributed by atoms with Crippen LogP contribution >= 0.6 is 0 Å². The van der Waals surface area contributed by atoms with Crippen LogP contribution in [-0.4, -0.2) is 13.1 Å². The van der Waals surface area contributed by atoms with E-state index in [-0.39, 0.29) is 5.41 Å². The summed E-state index contributed by atoms with van der Waals surface area (Å²) in [4.78, 5) is 0. The fourth-order valence-corrected chi connectivity index (χ4v) is 2.66. The summed E-state index contributed by atoms with van der Waals surface area (Å²) >= 11 is 0. The van der Waals surface area contributed by atoms with E-state index >= 15 is 0 Å². The highest BCUT2D eigenvalue weighted by Crippen LogP contribution is 2.33. The molecule has 0 amide bonds. The summed E-state index contributed by atoms with van der Waals surface area (Å²) in [6.07, 6.45) is 2.59. The van der Waals surface area contributed by atoms with Crippen molar-refractivity contribution in [3.05, 3.63) is 35.4 Å². The number of benzene rings is 1. The van der Waals surface area contributed by atoms with Crippen molar-refractivity contribution in [3.8, 4) is 0 Å². The van der Waals surface area contributed by atoms with Gasteiger partial charge in [-0.25, -0.2) is 0 Å². The topological polar surface area (TPSA) is 12.0 Å². The lowest BCUT2D eigenvalue weighted by Crippen LogP contribution is -2.41. The standard InChI is InChI=1S/C16H25N/c1-15(2,3)13-7-5-8-14(11-13)16(4)9-6-10-17-12-16/h5,7-8,11,17H,6,9-10,12H2,1-4H3. The van der Waals surface area contributed by atoms with Gasteiger partial charge in [0.15, 0.2) is 0 Å². The molecule has 0 aromatic heterocycles. The highest BCUT2D eigenvalue weighted by molar-refractivity contribution is 5.33. The van der Waals surface area contributed by atoms with Crippen LogP contribution in [0.4, 0.5) is 0 Å². The Balaban J connectivity index is 2.32. The molecule has 0 aliphatic carbocycles. The molecule has 0 spiro atoms. The number of nitrogens with one attached hydrogen (secondary N) is 1. The third kappa shape index (κ3) is 2.71. The molecule has 1 aliphatic heterocycles. The van der Waals surface area contributed by atoms with Crippen LogP contribution < -0.4 is 5.32 Å². The lowest BCUT2D eigenvalue weighted by atomic mass is 9.74. The van der Waals surface area contributed by atoms with Crippen LogP contribution in [0.3, 0.4) is 0 Å². The van der Waals surface area contributed by atoms with Crippen molar-refractivity contribution in [2.75, 3.05) is 13.1 Å². The van der Waals surface area contributed by atoms with Crippen molar-refractivity contribution in [3.63, 3.8) is 0 Å². The second-order valence-corrected chi connectivity index (χ2v) is 6.67. The predicted octanol–water partition coefficient (Wildman–Crippen LogP) is 3.63. The summed E-state index contributed by atoms with van der Waals surface area (Å²) in [7, 11) is 0. The summed E-state index contributed by atoms with van der Waals surface area (Å²) in [5.74, 6) is 0. The van der Waals surface area contributed by atoms with Gasteiger partial charge in [-0.15, -0.1) is 0 Å². The Kier molecular flexibility index (Phi) is 3.31. The minimum Gasteiger partial charge on any atom is -0.316 e. The van der Waals surface area contributed by atoms with Crippen molar-refractivity contribution in [2.45, 2.75) is 51.4 Å². The van der Waals surface area contributed by atoms with Gasteiger partial charge in [-0.3, -0.25) is 0 Å². The Hall–Kier alpha value is -0.820. The van der Waals surface area contributed by atoms with E-state index in [4.69, 9.17) is 0 Å². The van der Waals surface area contributed by atoms with Crippen LogP contribution in [0.2, 0.25) is 0 Å². The predicted molar refractivity (Wildman–Crippen MR) is 74.6 cm³/mol. The molecule has 1 heterocycles. The first-order valence-electron chi connectivity index (χ1n) is 6.74. The summed E-state index contributed by atoms with van der Waals surface area (Å²) in [5.41, 5.74) is 3.51. The Morgan fingerprint density at radius 3 is 2.59 bits per heavy atom. The summed E-state index contributed by atoms with van der Waals surface area (Å²) in [6.45, 7) is 11.5. The zero-order chi connectivity index (χ0) is 12.5. The van der Waals surface area contributed by atoms with Crippen molar-refractivity contribution in [2.24, 2.45) is 0 Å². The van der Waals surface area contributed by atoms with Crippen molar-refractivity contribution >= 4 is 0 Å². The average molecular weight is 231 g/mol. The molecule has 1 saturated heterocycles. The highest BCUT2D eigenvalue weighted by atomic mass is 14.9. The number of hydrogen-bond acceptors (Lipinski definition) is 1. The first kappa shape index (κ1) is 12.6. The normalized spacial score (nSPS) is 25.9. The first-order chi connectivity index (χ1) is 7.92. The lowest BCUT2D eigenvalue weighted by molar-refractivity contribution is 0.339. The summed E-state index contributed by atoms with van der Waals surface area (Å²) in [6, 6.07) is 9.17. The van der Waals surface area contributed by atoms with Gasteiger partial charge < -0.3 is 5.32 Å². The van der Waals surface area contributed by atoms with Crippen LogP contribution in [0.15, 0.2) is 24.3 Å². The zero-order valence-electron chi connectivity index (χ0n) is 11.6. The molecule has 0 radical (unpaired) electrons. The maximum atomic E-state index is 3.53. The molecule has 0 saturated carbocycles. The average Bonchev–Trinajstić information content (AvgIpc) is 2.29. The molecule has 0 bridgehead atoms. The highest BCUT2D eigenvalue weighted by Gasteiger charge is 2.29. The van der Waals surface area contributed by atoms with E-state index in [0.717, 1.165) is 6.54 Å². The SMILES string of the molecule is CC(C)(C)c1cccc(C2(C)CCCNC2)c1. The Morgan fingerprint density at radius 2 is 2.00 bits per heavy atom. The van der Waals surface area contributed by atoms with Crippen LogP contribution in [-0.2, 0) is 10.8 Å². The lowest BCUT2D eigenvalue weighted by Gasteiger charge is -2.35. The van der Waals surface area contributed by atoms with Gasteiger partial charge in [0, 0.05) is 12.0 Å². The van der Waals surface area contributed by atoms with Crippen LogP contribution in [0.5, 0.6) is 0 Å². The molecule has 1 fully saturated rings. The second kappa shape index (κ2) is 4.45. The van der Waals surface area contributed by atoms with Crippen LogP contribution in [0.25, 0.3) is 0 Å². The van der Waals surface area contributed by atoms with E-state index in [1.54, 1.807) is 0 Å². The third-order valence-electron chi connectivity index (χ3n) is 4.02. The second-order valence-electron chi connectivity index (χ2n) is 6.67. The summed E-state index contributed by atoms with van der Waals surface area (Å²) < 4.78 is 0. The molecular formula is C16H25N. The molecule has 1 N–H and O–H groups in total. The largest absolute Gasteiger partial charge is 0.316 e. The Bertz CT molecular complexity index is 381. The summed E-state index contributed by atoms with van der Waals surface area (Å²) in [5, 5.41) is 3.53. The quantitative estimate of drug-likeness (QED) is 0.778.